The summed E-state index contributed by atoms with van der Waals surface area (Å²) in [6, 6.07) is 9.94. The van der Waals surface area contributed by atoms with E-state index in [1.807, 2.05) is 19.9 Å². The van der Waals surface area contributed by atoms with Gasteiger partial charge in [-0.25, -0.2) is 9.07 Å². The second-order valence-corrected chi connectivity index (χ2v) is 6.33. The van der Waals surface area contributed by atoms with Gasteiger partial charge in [0.1, 0.15) is 5.69 Å². The minimum Gasteiger partial charge on any atom is -0.487 e. The fraction of sp³-hybridized carbons (Fsp3) is 0.200. The average Bonchev–Trinajstić information content (AvgIpc) is 3.00. The first-order valence-corrected chi connectivity index (χ1v) is 8.86. The van der Waals surface area contributed by atoms with Crippen LogP contribution in [0.4, 0.5) is 15.8 Å². The van der Waals surface area contributed by atoms with Gasteiger partial charge in [-0.3, -0.25) is 14.9 Å². The SMILES string of the molecule is CCOc1ccc(C(=O)Nc2ccc(-n3nc(C)cc3C)c(F)c2)cc1[N+](=O)[O-]. The van der Waals surface area contributed by atoms with Crippen LogP contribution in [0.2, 0.25) is 0 Å². The number of nitrogens with one attached hydrogen (secondary N) is 1. The number of aromatic nitrogens is 2. The summed E-state index contributed by atoms with van der Waals surface area (Å²) >= 11 is 0. The summed E-state index contributed by atoms with van der Waals surface area (Å²) < 4.78 is 21.2. The Labute approximate surface area is 166 Å². The number of hydrogen-bond donors (Lipinski definition) is 1. The highest BCUT2D eigenvalue weighted by Gasteiger charge is 2.19. The van der Waals surface area contributed by atoms with E-state index in [0.717, 1.165) is 17.5 Å². The summed E-state index contributed by atoms with van der Waals surface area (Å²) in [6.45, 7) is 5.59. The van der Waals surface area contributed by atoms with Crippen molar-refractivity contribution in [2.75, 3.05) is 11.9 Å². The molecule has 0 radical (unpaired) electrons. The quantitative estimate of drug-likeness (QED) is 0.496. The van der Waals surface area contributed by atoms with Crippen LogP contribution in [0.25, 0.3) is 5.69 Å². The average molecular weight is 398 g/mol. The summed E-state index contributed by atoms with van der Waals surface area (Å²) in [4.78, 5) is 23.1. The second kappa shape index (κ2) is 8.09. The molecular formula is C20H19FN4O4. The predicted molar refractivity (Wildman–Crippen MR) is 105 cm³/mol. The van der Waals surface area contributed by atoms with Gasteiger partial charge >= 0.3 is 5.69 Å². The Morgan fingerprint density at radius 2 is 2.00 bits per heavy atom. The lowest BCUT2D eigenvalue weighted by molar-refractivity contribution is -0.385. The van der Waals surface area contributed by atoms with Crippen LogP contribution in [0.5, 0.6) is 5.75 Å². The van der Waals surface area contributed by atoms with Crippen LogP contribution in [0.1, 0.15) is 28.7 Å². The monoisotopic (exact) mass is 398 g/mol. The van der Waals surface area contributed by atoms with Crippen molar-refractivity contribution < 1.29 is 18.8 Å². The van der Waals surface area contributed by atoms with E-state index in [0.29, 0.717) is 0 Å². The van der Waals surface area contributed by atoms with E-state index >= 15 is 0 Å². The molecule has 3 aromatic rings. The highest BCUT2D eigenvalue weighted by molar-refractivity contribution is 6.04. The third-order valence-electron chi connectivity index (χ3n) is 4.16. The lowest BCUT2D eigenvalue weighted by Crippen LogP contribution is -2.13. The standard InChI is InChI=1S/C20H19FN4O4/c1-4-29-19-8-5-14(10-18(19)25(27)28)20(26)22-15-6-7-17(16(21)11-15)24-13(3)9-12(2)23-24/h5-11H,4H2,1-3H3,(H,22,26). The molecule has 0 bridgehead atoms. The summed E-state index contributed by atoms with van der Waals surface area (Å²) in [5, 5.41) is 18.0. The van der Waals surface area contributed by atoms with Gasteiger partial charge in [-0.15, -0.1) is 0 Å². The second-order valence-electron chi connectivity index (χ2n) is 6.33. The molecule has 29 heavy (non-hydrogen) atoms. The molecule has 0 saturated heterocycles. The van der Waals surface area contributed by atoms with Crippen LogP contribution in [0.3, 0.4) is 0 Å². The number of aryl methyl sites for hydroxylation is 2. The number of carbonyl (C=O) groups is 1. The number of hydrogen-bond acceptors (Lipinski definition) is 5. The summed E-state index contributed by atoms with van der Waals surface area (Å²) in [5.74, 6) is -1.09. The molecule has 0 aliphatic rings. The van der Waals surface area contributed by atoms with Crippen LogP contribution in [-0.4, -0.2) is 27.2 Å². The minimum absolute atomic E-state index is 0.0585. The molecule has 0 saturated carbocycles. The first-order valence-electron chi connectivity index (χ1n) is 8.86. The number of anilines is 1. The van der Waals surface area contributed by atoms with E-state index in [4.69, 9.17) is 4.74 Å². The zero-order valence-electron chi connectivity index (χ0n) is 16.1. The number of nitro benzene ring substituents is 1. The van der Waals surface area contributed by atoms with Crippen LogP contribution in [0, 0.1) is 29.8 Å². The Hall–Kier alpha value is -3.75. The number of ether oxygens (including phenoxy) is 1. The van der Waals surface area contributed by atoms with Crippen molar-refractivity contribution in [1.29, 1.82) is 0 Å². The van der Waals surface area contributed by atoms with Crippen LogP contribution >= 0.6 is 0 Å². The van der Waals surface area contributed by atoms with E-state index in [-0.39, 0.29) is 35.0 Å². The molecule has 0 atom stereocenters. The normalized spacial score (nSPS) is 10.6. The molecule has 0 unspecified atom stereocenters. The zero-order chi connectivity index (χ0) is 21.1. The van der Waals surface area contributed by atoms with Crippen molar-refractivity contribution in [3.63, 3.8) is 0 Å². The molecule has 1 N–H and O–H groups in total. The number of amides is 1. The van der Waals surface area contributed by atoms with Gasteiger partial charge in [0.2, 0.25) is 0 Å². The van der Waals surface area contributed by atoms with Gasteiger partial charge in [0, 0.05) is 23.0 Å². The number of benzene rings is 2. The maximum Gasteiger partial charge on any atom is 0.311 e. The van der Waals surface area contributed by atoms with Crippen LogP contribution in [-0.2, 0) is 0 Å². The number of nitrogens with zero attached hydrogens (tertiary/aromatic N) is 3. The third kappa shape index (κ3) is 4.23. The molecule has 0 spiro atoms. The fourth-order valence-electron chi connectivity index (χ4n) is 2.91. The lowest BCUT2D eigenvalue weighted by Gasteiger charge is -2.10. The zero-order valence-corrected chi connectivity index (χ0v) is 16.1. The molecule has 150 valence electrons. The Bertz CT molecular complexity index is 1090. The van der Waals surface area contributed by atoms with E-state index in [9.17, 15) is 19.3 Å². The van der Waals surface area contributed by atoms with Gasteiger partial charge < -0.3 is 10.1 Å². The molecule has 2 aromatic carbocycles. The van der Waals surface area contributed by atoms with Gasteiger partial charge in [0.15, 0.2) is 11.6 Å². The van der Waals surface area contributed by atoms with Crippen molar-refractivity contribution in [3.8, 4) is 11.4 Å². The van der Waals surface area contributed by atoms with Crippen molar-refractivity contribution in [2.24, 2.45) is 0 Å². The van der Waals surface area contributed by atoms with Gasteiger partial charge in [0.25, 0.3) is 5.91 Å². The maximum absolute atomic E-state index is 14.6. The maximum atomic E-state index is 14.6. The van der Waals surface area contributed by atoms with Gasteiger partial charge in [-0.05, 0) is 57.2 Å². The van der Waals surface area contributed by atoms with Crippen molar-refractivity contribution >= 4 is 17.3 Å². The molecule has 1 aromatic heterocycles. The van der Waals surface area contributed by atoms with Crippen LogP contribution < -0.4 is 10.1 Å². The molecule has 0 aliphatic carbocycles. The minimum atomic E-state index is -0.620. The van der Waals surface area contributed by atoms with E-state index in [1.165, 1.54) is 35.0 Å². The van der Waals surface area contributed by atoms with Gasteiger partial charge in [-0.1, -0.05) is 0 Å². The van der Waals surface area contributed by atoms with Gasteiger partial charge in [-0.2, -0.15) is 5.10 Å². The van der Waals surface area contributed by atoms with Crippen molar-refractivity contribution in [2.45, 2.75) is 20.8 Å². The highest BCUT2D eigenvalue weighted by Crippen LogP contribution is 2.28. The number of carbonyl (C=O) groups excluding carboxylic acids is 1. The number of nitro groups is 1. The van der Waals surface area contributed by atoms with E-state index < -0.39 is 16.6 Å². The summed E-state index contributed by atoms with van der Waals surface area (Å²) in [6.07, 6.45) is 0. The Morgan fingerprint density at radius 1 is 1.24 bits per heavy atom. The smallest absolute Gasteiger partial charge is 0.311 e. The molecule has 3 rings (SSSR count). The third-order valence-corrected chi connectivity index (χ3v) is 4.16. The Morgan fingerprint density at radius 3 is 2.59 bits per heavy atom. The number of rotatable bonds is 6. The molecule has 1 heterocycles. The molecule has 0 fully saturated rings. The van der Waals surface area contributed by atoms with Crippen molar-refractivity contribution in [1.82, 2.24) is 9.78 Å². The first kappa shape index (κ1) is 20.0. The molecule has 9 heteroatoms. The van der Waals surface area contributed by atoms with E-state index in [2.05, 4.69) is 10.4 Å². The summed E-state index contributed by atoms with van der Waals surface area (Å²) in [7, 11) is 0. The van der Waals surface area contributed by atoms with Crippen LogP contribution in [0.15, 0.2) is 42.5 Å². The highest BCUT2D eigenvalue weighted by atomic mass is 19.1. The molecule has 1 amide bonds. The Kier molecular flexibility index (Phi) is 5.58. The number of halogens is 1. The molecule has 0 aliphatic heterocycles. The Balaban J connectivity index is 1.84. The van der Waals surface area contributed by atoms with Crippen molar-refractivity contribution in [3.05, 3.63) is 75.3 Å². The lowest BCUT2D eigenvalue weighted by atomic mass is 10.1. The van der Waals surface area contributed by atoms with Gasteiger partial charge in [0.05, 0.1) is 17.2 Å². The van der Waals surface area contributed by atoms with E-state index in [1.54, 1.807) is 6.92 Å². The molecule has 8 nitrogen and oxygen atoms in total. The predicted octanol–water partition coefficient (Wildman–Crippen LogP) is 4.19. The topological polar surface area (TPSA) is 99.3 Å². The first-order chi connectivity index (χ1) is 13.8. The molecular weight excluding hydrogens is 379 g/mol. The fourth-order valence-corrected chi connectivity index (χ4v) is 2.91. The summed E-state index contributed by atoms with van der Waals surface area (Å²) in [5.41, 5.74) is 1.75. The largest absolute Gasteiger partial charge is 0.487 e.